The molecular formula is C22H15N3O5. The first-order valence-electron chi connectivity index (χ1n) is 8.90. The predicted molar refractivity (Wildman–Crippen MR) is 107 cm³/mol. The van der Waals surface area contributed by atoms with Crippen molar-refractivity contribution in [1.82, 2.24) is 9.99 Å². The molecule has 1 aromatic heterocycles. The van der Waals surface area contributed by atoms with Crippen molar-refractivity contribution in [1.29, 1.82) is 0 Å². The number of ether oxygens (including phenoxy) is 2. The topological polar surface area (TPSA) is 98.2 Å². The normalized spacial score (nSPS) is 12.9. The fourth-order valence-electron chi connectivity index (χ4n) is 2.90. The van der Waals surface area contributed by atoms with Gasteiger partial charge in [0.1, 0.15) is 0 Å². The molecule has 8 heteroatoms. The SMILES string of the molecule is COc1cc(/C=N\N2C(=O)c3ccccc3C2=O)ccc1OC(=O)c1cccnc1. The van der Waals surface area contributed by atoms with Gasteiger partial charge in [-0.25, -0.2) is 4.79 Å². The van der Waals surface area contributed by atoms with Crippen LogP contribution in [0.4, 0.5) is 0 Å². The summed E-state index contributed by atoms with van der Waals surface area (Å²) in [7, 11) is 1.43. The van der Waals surface area contributed by atoms with Crippen LogP contribution in [0, 0.1) is 0 Å². The van der Waals surface area contributed by atoms with E-state index >= 15 is 0 Å². The number of hydrogen-bond donors (Lipinski definition) is 0. The molecule has 8 nitrogen and oxygen atoms in total. The summed E-state index contributed by atoms with van der Waals surface area (Å²) in [5.74, 6) is -1.04. The van der Waals surface area contributed by atoms with Crippen LogP contribution >= 0.6 is 0 Å². The number of hydrogen-bond acceptors (Lipinski definition) is 7. The number of rotatable bonds is 5. The second-order valence-corrected chi connectivity index (χ2v) is 6.25. The average Bonchev–Trinajstić information content (AvgIpc) is 3.03. The third-order valence-corrected chi connectivity index (χ3v) is 4.38. The van der Waals surface area contributed by atoms with E-state index in [1.807, 2.05) is 0 Å². The Balaban J connectivity index is 1.53. The fraction of sp³-hybridized carbons (Fsp3) is 0.0455. The second kappa shape index (κ2) is 7.96. The van der Waals surface area contributed by atoms with Crippen LogP contribution in [0.5, 0.6) is 11.5 Å². The first-order valence-corrected chi connectivity index (χ1v) is 8.90. The Morgan fingerprint density at radius 3 is 2.37 bits per heavy atom. The zero-order valence-electron chi connectivity index (χ0n) is 15.8. The first kappa shape index (κ1) is 19.0. The molecule has 0 atom stereocenters. The van der Waals surface area contributed by atoms with Crippen molar-refractivity contribution in [2.75, 3.05) is 7.11 Å². The third kappa shape index (κ3) is 3.53. The number of pyridine rings is 1. The number of amides is 2. The molecule has 4 rings (SSSR count). The Kier molecular flexibility index (Phi) is 5.04. The lowest BCUT2D eigenvalue weighted by Crippen LogP contribution is -2.24. The maximum Gasteiger partial charge on any atom is 0.345 e. The highest BCUT2D eigenvalue weighted by molar-refractivity contribution is 6.21. The Labute approximate surface area is 171 Å². The second-order valence-electron chi connectivity index (χ2n) is 6.25. The number of aromatic nitrogens is 1. The predicted octanol–water partition coefficient (Wildman–Crippen LogP) is 2.94. The fourth-order valence-corrected chi connectivity index (χ4v) is 2.90. The summed E-state index contributed by atoms with van der Waals surface area (Å²) in [6.07, 6.45) is 4.31. The van der Waals surface area contributed by atoms with Crippen LogP contribution < -0.4 is 9.47 Å². The van der Waals surface area contributed by atoms with Gasteiger partial charge in [-0.15, -0.1) is 0 Å². The largest absolute Gasteiger partial charge is 0.493 e. The van der Waals surface area contributed by atoms with Crippen molar-refractivity contribution in [2.24, 2.45) is 5.10 Å². The molecule has 1 aliphatic rings. The van der Waals surface area contributed by atoms with E-state index in [9.17, 15) is 14.4 Å². The maximum atomic E-state index is 12.4. The van der Waals surface area contributed by atoms with E-state index in [1.165, 1.54) is 25.6 Å². The molecule has 0 bridgehead atoms. The molecule has 30 heavy (non-hydrogen) atoms. The number of carbonyl (C=O) groups excluding carboxylic acids is 3. The Bertz CT molecular complexity index is 1140. The zero-order valence-corrected chi connectivity index (χ0v) is 15.8. The Morgan fingerprint density at radius 1 is 1.00 bits per heavy atom. The summed E-state index contributed by atoms with van der Waals surface area (Å²) in [6.45, 7) is 0. The summed E-state index contributed by atoms with van der Waals surface area (Å²) in [4.78, 5) is 40.8. The summed E-state index contributed by atoms with van der Waals surface area (Å²) < 4.78 is 10.7. The number of hydrazone groups is 1. The monoisotopic (exact) mass is 401 g/mol. The van der Waals surface area contributed by atoms with Crippen LogP contribution in [0.3, 0.4) is 0 Å². The van der Waals surface area contributed by atoms with Crippen molar-refractivity contribution in [3.8, 4) is 11.5 Å². The summed E-state index contributed by atoms with van der Waals surface area (Å²) in [5, 5.41) is 4.83. The van der Waals surface area contributed by atoms with Crippen LogP contribution in [0.1, 0.15) is 36.6 Å². The van der Waals surface area contributed by atoms with Gasteiger partial charge in [0.25, 0.3) is 11.8 Å². The van der Waals surface area contributed by atoms with Crippen molar-refractivity contribution < 1.29 is 23.9 Å². The molecule has 3 aromatic rings. The quantitative estimate of drug-likeness (QED) is 0.282. The number of esters is 1. The van der Waals surface area contributed by atoms with E-state index in [-0.39, 0.29) is 5.75 Å². The lowest BCUT2D eigenvalue weighted by atomic mass is 10.1. The number of methoxy groups -OCH3 is 1. The lowest BCUT2D eigenvalue weighted by molar-refractivity contribution is 0.0658. The van der Waals surface area contributed by atoms with E-state index in [0.29, 0.717) is 28.0 Å². The number of carbonyl (C=O) groups is 3. The minimum absolute atomic E-state index is 0.212. The standard InChI is InChI=1S/C22H15N3O5/c1-29-19-11-14(8-9-18(19)30-22(28)15-5-4-10-23-13-15)12-24-25-20(26)16-6-2-3-7-17(16)21(25)27/h2-13H,1H3/b24-12-. The van der Waals surface area contributed by atoms with Gasteiger partial charge in [0, 0.05) is 12.4 Å². The van der Waals surface area contributed by atoms with Crippen molar-refractivity contribution in [2.45, 2.75) is 0 Å². The van der Waals surface area contributed by atoms with E-state index in [4.69, 9.17) is 9.47 Å². The van der Waals surface area contributed by atoms with Crippen LogP contribution in [-0.2, 0) is 0 Å². The zero-order chi connectivity index (χ0) is 21.1. The number of nitrogens with zero attached hydrogens (tertiary/aromatic N) is 3. The molecule has 0 fully saturated rings. The molecule has 0 unspecified atom stereocenters. The van der Waals surface area contributed by atoms with E-state index in [1.54, 1.807) is 54.7 Å². The van der Waals surface area contributed by atoms with Crippen LogP contribution in [0.2, 0.25) is 0 Å². The minimum atomic E-state index is -0.575. The van der Waals surface area contributed by atoms with Gasteiger partial charge in [-0.3, -0.25) is 14.6 Å². The van der Waals surface area contributed by atoms with Gasteiger partial charge < -0.3 is 9.47 Å². The van der Waals surface area contributed by atoms with E-state index < -0.39 is 17.8 Å². The van der Waals surface area contributed by atoms with Gasteiger partial charge in [-0.05, 0) is 48.0 Å². The average molecular weight is 401 g/mol. The summed E-state index contributed by atoms with van der Waals surface area (Å²) in [6, 6.07) is 14.5. The molecule has 0 radical (unpaired) electrons. The molecule has 148 valence electrons. The number of fused-ring (bicyclic) bond motifs is 1. The number of imide groups is 1. The van der Waals surface area contributed by atoms with Crippen LogP contribution in [0.15, 0.2) is 72.1 Å². The lowest BCUT2D eigenvalue weighted by Gasteiger charge is -2.10. The Morgan fingerprint density at radius 2 is 1.73 bits per heavy atom. The van der Waals surface area contributed by atoms with E-state index in [2.05, 4.69) is 10.1 Å². The maximum absolute atomic E-state index is 12.4. The van der Waals surface area contributed by atoms with Gasteiger partial charge in [0.15, 0.2) is 11.5 Å². The molecule has 1 aliphatic heterocycles. The molecule has 0 aliphatic carbocycles. The molecule has 2 amide bonds. The highest BCUT2D eigenvalue weighted by Gasteiger charge is 2.35. The Hall–Kier alpha value is -4.33. The third-order valence-electron chi connectivity index (χ3n) is 4.38. The molecule has 0 spiro atoms. The van der Waals surface area contributed by atoms with Gasteiger partial charge in [0.2, 0.25) is 0 Å². The molecular weight excluding hydrogens is 386 g/mol. The van der Waals surface area contributed by atoms with Crippen molar-refractivity contribution >= 4 is 24.0 Å². The molecule has 0 N–H and O–H groups in total. The van der Waals surface area contributed by atoms with Crippen LogP contribution in [-0.4, -0.2) is 41.1 Å². The highest BCUT2D eigenvalue weighted by Crippen LogP contribution is 2.29. The highest BCUT2D eigenvalue weighted by atomic mass is 16.6. The molecule has 0 saturated heterocycles. The van der Waals surface area contributed by atoms with Crippen molar-refractivity contribution in [3.05, 3.63) is 89.2 Å². The number of benzene rings is 2. The molecule has 2 heterocycles. The van der Waals surface area contributed by atoms with Gasteiger partial charge in [-0.1, -0.05) is 12.1 Å². The summed E-state index contributed by atoms with van der Waals surface area (Å²) in [5.41, 5.74) is 1.48. The van der Waals surface area contributed by atoms with E-state index in [0.717, 1.165) is 5.01 Å². The molecule has 2 aromatic carbocycles. The first-order chi connectivity index (χ1) is 14.6. The molecule has 0 saturated carbocycles. The van der Waals surface area contributed by atoms with Gasteiger partial charge >= 0.3 is 5.97 Å². The summed E-state index contributed by atoms with van der Waals surface area (Å²) >= 11 is 0. The van der Waals surface area contributed by atoms with Crippen molar-refractivity contribution in [3.63, 3.8) is 0 Å². The minimum Gasteiger partial charge on any atom is -0.493 e. The van der Waals surface area contributed by atoms with Gasteiger partial charge in [0.05, 0.1) is 30.0 Å². The van der Waals surface area contributed by atoms with Crippen LogP contribution in [0.25, 0.3) is 0 Å². The van der Waals surface area contributed by atoms with Gasteiger partial charge in [-0.2, -0.15) is 10.1 Å². The smallest absolute Gasteiger partial charge is 0.345 e.